The van der Waals surface area contributed by atoms with Crippen molar-refractivity contribution in [2.75, 3.05) is 30.9 Å². The molecule has 0 bridgehead atoms. The van der Waals surface area contributed by atoms with Crippen LogP contribution in [0.1, 0.15) is 24.8 Å². The van der Waals surface area contributed by atoms with Crippen molar-refractivity contribution in [2.24, 2.45) is 5.92 Å². The minimum Gasteiger partial charge on any atom is -0.378 e. The number of carbonyl (C=O) groups is 2. The molecule has 0 spiro atoms. The van der Waals surface area contributed by atoms with Gasteiger partial charge < -0.3 is 15.1 Å². The standard InChI is InChI=1S/C17H20F3N3O2/c1-22(2)12-5-6-14(13(8-12)17(18,19)20)21-16(25)10-7-15(24)23(9-10)11-3-4-11/h5-6,8,10-11H,3-4,7,9H2,1-2H3,(H,21,25). The Labute approximate surface area is 143 Å². The fourth-order valence-electron chi connectivity index (χ4n) is 3.04. The molecule has 2 fully saturated rings. The van der Waals surface area contributed by atoms with Crippen molar-refractivity contribution in [1.82, 2.24) is 4.90 Å². The van der Waals surface area contributed by atoms with Gasteiger partial charge in [-0.3, -0.25) is 9.59 Å². The molecule has 1 unspecified atom stereocenters. The number of nitrogens with zero attached hydrogens (tertiary/aromatic N) is 2. The monoisotopic (exact) mass is 355 g/mol. The summed E-state index contributed by atoms with van der Waals surface area (Å²) in [5.41, 5.74) is -0.780. The molecule has 136 valence electrons. The Morgan fingerprint density at radius 2 is 1.96 bits per heavy atom. The van der Waals surface area contributed by atoms with Gasteiger partial charge in [-0.25, -0.2) is 0 Å². The third-order valence-corrected chi connectivity index (χ3v) is 4.60. The van der Waals surface area contributed by atoms with E-state index in [1.165, 1.54) is 12.1 Å². The van der Waals surface area contributed by atoms with Gasteiger partial charge in [-0.05, 0) is 31.0 Å². The number of alkyl halides is 3. The normalized spacial score (nSPS) is 20.8. The Morgan fingerprint density at radius 3 is 2.52 bits per heavy atom. The van der Waals surface area contributed by atoms with Crippen LogP contribution in [0.2, 0.25) is 0 Å². The van der Waals surface area contributed by atoms with Crippen LogP contribution >= 0.6 is 0 Å². The average Bonchev–Trinajstić information content (AvgIpc) is 3.28. The number of nitrogens with one attached hydrogen (secondary N) is 1. The van der Waals surface area contributed by atoms with Crippen molar-refractivity contribution in [3.8, 4) is 0 Å². The summed E-state index contributed by atoms with van der Waals surface area (Å²) in [6.45, 7) is 0.284. The number of likely N-dealkylation sites (tertiary alicyclic amines) is 1. The summed E-state index contributed by atoms with van der Waals surface area (Å²) in [6.07, 6.45) is -2.66. The minimum atomic E-state index is -4.58. The third kappa shape index (κ3) is 3.72. The van der Waals surface area contributed by atoms with E-state index in [0.29, 0.717) is 5.69 Å². The van der Waals surface area contributed by atoms with E-state index in [1.807, 2.05) is 0 Å². The van der Waals surface area contributed by atoms with Gasteiger partial charge in [-0.1, -0.05) is 0 Å². The van der Waals surface area contributed by atoms with E-state index in [4.69, 9.17) is 0 Å². The van der Waals surface area contributed by atoms with Gasteiger partial charge in [0.15, 0.2) is 0 Å². The van der Waals surface area contributed by atoms with Gasteiger partial charge in [0.1, 0.15) is 0 Å². The van der Waals surface area contributed by atoms with E-state index in [0.717, 1.165) is 18.9 Å². The molecule has 2 amide bonds. The average molecular weight is 355 g/mol. The highest BCUT2D eigenvalue weighted by Gasteiger charge is 2.42. The summed E-state index contributed by atoms with van der Waals surface area (Å²) in [4.78, 5) is 27.5. The summed E-state index contributed by atoms with van der Waals surface area (Å²) < 4.78 is 40.0. The Kier molecular flexibility index (Phi) is 4.38. The summed E-state index contributed by atoms with van der Waals surface area (Å²) >= 11 is 0. The van der Waals surface area contributed by atoms with Gasteiger partial charge in [-0.2, -0.15) is 13.2 Å². The molecule has 0 aromatic heterocycles. The van der Waals surface area contributed by atoms with Crippen molar-refractivity contribution >= 4 is 23.2 Å². The van der Waals surface area contributed by atoms with Gasteiger partial charge in [0.25, 0.3) is 0 Å². The molecular formula is C17H20F3N3O2. The lowest BCUT2D eigenvalue weighted by Gasteiger charge is -2.20. The van der Waals surface area contributed by atoms with Gasteiger partial charge in [0.05, 0.1) is 17.2 Å². The fraction of sp³-hybridized carbons (Fsp3) is 0.529. The van der Waals surface area contributed by atoms with Gasteiger partial charge in [0.2, 0.25) is 11.8 Å². The molecule has 0 radical (unpaired) electrons. The number of anilines is 2. The molecule has 1 aliphatic carbocycles. The zero-order valence-corrected chi connectivity index (χ0v) is 14.1. The third-order valence-electron chi connectivity index (χ3n) is 4.60. The van der Waals surface area contributed by atoms with Crippen molar-refractivity contribution < 1.29 is 22.8 Å². The molecule has 3 rings (SSSR count). The molecule has 1 N–H and O–H groups in total. The van der Waals surface area contributed by atoms with Crippen LogP contribution in [0.3, 0.4) is 0 Å². The first kappa shape index (κ1) is 17.6. The first-order chi connectivity index (χ1) is 11.7. The maximum absolute atomic E-state index is 13.3. The maximum Gasteiger partial charge on any atom is 0.418 e. The minimum absolute atomic E-state index is 0.0550. The lowest BCUT2D eigenvalue weighted by Crippen LogP contribution is -2.30. The molecule has 1 heterocycles. The molecule has 1 saturated carbocycles. The quantitative estimate of drug-likeness (QED) is 0.904. The van der Waals surface area contributed by atoms with Crippen LogP contribution in [0.5, 0.6) is 0 Å². The Balaban J connectivity index is 1.78. The summed E-state index contributed by atoms with van der Waals surface area (Å²) in [6, 6.07) is 3.98. The Hall–Kier alpha value is -2.25. The van der Waals surface area contributed by atoms with Gasteiger partial charge in [0, 0.05) is 38.8 Å². The van der Waals surface area contributed by atoms with Crippen molar-refractivity contribution in [3.05, 3.63) is 23.8 Å². The number of amides is 2. The highest BCUT2D eigenvalue weighted by atomic mass is 19.4. The molecule has 1 saturated heterocycles. The van der Waals surface area contributed by atoms with E-state index in [1.54, 1.807) is 23.9 Å². The van der Waals surface area contributed by atoms with E-state index in [2.05, 4.69) is 5.32 Å². The van der Waals surface area contributed by atoms with E-state index < -0.39 is 23.6 Å². The number of hydrogen-bond acceptors (Lipinski definition) is 3. The van der Waals surface area contributed by atoms with E-state index in [-0.39, 0.29) is 30.6 Å². The predicted molar refractivity (Wildman–Crippen MR) is 87.2 cm³/mol. The summed E-state index contributed by atoms with van der Waals surface area (Å²) in [5.74, 6) is -1.25. The molecule has 1 aliphatic heterocycles. The number of hydrogen-bond donors (Lipinski definition) is 1. The van der Waals surface area contributed by atoms with Crippen LogP contribution in [0.4, 0.5) is 24.5 Å². The molecule has 2 aliphatic rings. The molecular weight excluding hydrogens is 335 g/mol. The lowest BCUT2D eigenvalue weighted by atomic mass is 10.1. The zero-order valence-electron chi connectivity index (χ0n) is 14.1. The van der Waals surface area contributed by atoms with Crippen LogP contribution in [0, 0.1) is 5.92 Å². The topological polar surface area (TPSA) is 52.7 Å². The first-order valence-corrected chi connectivity index (χ1v) is 8.15. The van der Waals surface area contributed by atoms with Crippen molar-refractivity contribution in [2.45, 2.75) is 31.5 Å². The van der Waals surface area contributed by atoms with Crippen LogP contribution in [0.25, 0.3) is 0 Å². The number of rotatable bonds is 4. The number of halogens is 3. The zero-order chi connectivity index (χ0) is 18.4. The Bertz CT molecular complexity index is 699. The predicted octanol–water partition coefficient (Wildman–Crippen LogP) is 2.72. The van der Waals surface area contributed by atoms with Crippen molar-refractivity contribution in [3.63, 3.8) is 0 Å². The summed E-state index contributed by atoms with van der Waals surface area (Å²) in [7, 11) is 3.29. The lowest BCUT2D eigenvalue weighted by molar-refractivity contribution is -0.137. The molecule has 1 atom stereocenters. The summed E-state index contributed by atoms with van der Waals surface area (Å²) in [5, 5.41) is 2.37. The van der Waals surface area contributed by atoms with Crippen LogP contribution in [-0.4, -0.2) is 43.4 Å². The van der Waals surface area contributed by atoms with E-state index >= 15 is 0 Å². The second-order valence-electron chi connectivity index (χ2n) is 6.79. The molecule has 1 aromatic rings. The van der Waals surface area contributed by atoms with Crippen LogP contribution in [-0.2, 0) is 15.8 Å². The van der Waals surface area contributed by atoms with Gasteiger partial charge in [-0.15, -0.1) is 0 Å². The van der Waals surface area contributed by atoms with Crippen LogP contribution in [0.15, 0.2) is 18.2 Å². The van der Waals surface area contributed by atoms with Crippen molar-refractivity contribution in [1.29, 1.82) is 0 Å². The Morgan fingerprint density at radius 1 is 1.28 bits per heavy atom. The highest BCUT2D eigenvalue weighted by Crippen LogP contribution is 2.38. The van der Waals surface area contributed by atoms with Crippen LogP contribution < -0.4 is 10.2 Å². The second kappa shape index (κ2) is 6.24. The largest absolute Gasteiger partial charge is 0.418 e. The maximum atomic E-state index is 13.3. The molecule has 5 nitrogen and oxygen atoms in total. The number of benzene rings is 1. The van der Waals surface area contributed by atoms with E-state index in [9.17, 15) is 22.8 Å². The van der Waals surface area contributed by atoms with Gasteiger partial charge >= 0.3 is 6.18 Å². The first-order valence-electron chi connectivity index (χ1n) is 8.15. The molecule has 1 aromatic carbocycles. The highest BCUT2D eigenvalue weighted by molar-refractivity contribution is 5.98. The molecule has 8 heteroatoms. The SMILES string of the molecule is CN(C)c1ccc(NC(=O)C2CC(=O)N(C3CC3)C2)c(C(F)(F)F)c1. The fourth-order valence-corrected chi connectivity index (χ4v) is 3.04. The molecule has 25 heavy (non-hydrogen) atoms. The second-order valence-corrected chi connectivity index (χ2v) is 6.79. The smallest absolute Gasteiger partial charge is 0.378 e. The number of carbonyl (C=O) groups excluding carboxylic acids is 2.